The Kier molecular flexibility index (Phi) is 6.50. The molecule has 0 fully saturated rings. The first kappa shape index (κ1) is 24.1. The van der Waals surface area contributed by atoms with Crippen molar-refractivity contribution in [2.45, 2.75) is 0 Å². The molecule has 1 heteroatoms. The van der Waals surface area contributed by atoms with Crippen molar-refractivity contribution < 1.29 is 5.48 Å². The minimum atomic E-state index is -0.105. The molecule has 0 N–H and O–H groups in total. The van der Waals surface area contributed by atoms with Gasteiger partial charge in [0.25, 0.3) is 0 Å². The Hall–Kier alpha value is -6.18. The summed E-state index contributed by atoms with van der Waals surface area (Å²) in [6, 6.07) is 58.3. The van der Waals surface area contributed by atoms with Gasteiger partial charge in [0.2, 0.25) is 0 Å². The van der Waals surface area contributed by atoms with Crippen molar-refractivity contribution in [1.29, 1.82) is 0 Å². The first-order chi connectivity index (χ1) is 25.0. The number of benzene rings is 8. The molecule has 0 unspecified atom stereocenters. The summed E-state index contributed by atoms with van der Waals surface area (Å²) in [6.45, 7) is 0. The first-order valence-electron chi connectivity index (χ1n) is 17.8. The zero-order valence-corrected chi connectivity index (χ0v) is 25.7. The number of fused-ring (bicyclic) bond motifs is 1. The maximum Gasteiger partial charge on any atom is 0.0645 e. The minimum absolute atomic E-state index is 0.0806. The zero-order valence-electron chi connectivity index (χ0n) is 29.7. The lowest BCUT2D eigenvalue weighted by Gasteiger charge is -2.26. The average molecular weight is 604 g/mol. The molecule has 0 amide bonds. The van der Waals surface area contributed by atoms with E-state index in [1.54, 1.807) is 0 Å². The van der Waals surface area contributed by atoms with Crippen LogP contribution in [0, 0.1) is 0 Å². The molecule has 222 valence electrons. The number of nitrogens with zero attached hydrogens (tertiary/aromatic N) is 1. The fourth-order valence-corrected chi connectivity index (χ4v) is 6.23. The lowest BCUT2D eigenvalue weighted by Crippen LogP contribution is -2.09. The molecule has 8 rings (SSSR count). The summed E-state index contributed by atoms with van der Waals surface area (Å²) >= 11 is 0. The standard InChI is InChI=1S/C46H33N/c1-4-12-34(13-5-1)36-20-27-41(28-21-36)47(42-29-22-37(23-30-42)35-14-6-2-7-15-35)43-31-24-40(25-32-43)46-44-19-11-10-18-39(44)26-33-45(46)38-16-8-3-9-17-38/h1-33H/i20D,21D,27D,28D. The van der Waals surface area contributed by atoms with Gasteiger partial charge in [-0.15, -0.1) is 0 Å². The molecule has 8 aromatic rings. The summed E-state index contributed by atoms with van der Waals surface area (Å²) in [4.78, 5) is 1.84. The SMILES string of the molecule is [2H]c1c([2H])c(N(c2ccc(-c3ccccc3)cc2)c2ccc(-c3c(-c4ccccc4)ccc4ccccc34)cc2)c([2H])c([2H])c1-c1ccccc1. The van der Waals surface area contributed by atoms with Gasteiger partial charge < -0.3 is 4.90 Å². The Morgan fingerprint density at radius 2 is 0.787 bits per heavy atom. The molecule has 1 nitrogen and oxygen atoms in total. The maximum absolute atomic E-state index is 9.29. The van der Waals surface area contributed by atoms with Crippen LogP contribution in [0.1, 0.15) is 5.48 Å². The third kappa shape index (κ3) is 5.72. The van der Waals surface area contributed by atoms with Gasteiger partial charge in [0.1, 0.15) is 0 Å². The molecule has 0 radical (unpaired) electrons. The van der Waals surface area contributed by atoms with Crippen LogP contribution in [0.25, 0.3) is 55.3 Å². The Morgan fingerprint density at radius 1 is 0.319 bits per heavy atom. The third-order valence-corrected chi connectivity index (χ3v) is 8.56. The topological polar surface area (TPSA) is 3.24 Å². The van der Waals surface area contributed by atoms with Gasteiger partial charge in [0.15, 0.2) is 0 Å². The highest BCUT2D eigenvalue weighted by Gasteiger charge is 2.16. The summed E-state index contributed by atoms with van der Waals surface area (Å²) in [5.41, 5.74) is 9.12. The number of hydrogen-bond donors (Lipinski definition) is 0. The molecular weight excluding hydrogens is 567 g/mol. The van der Waals surface area contributed by atoms with E-state index in [2.05, 4.69) is 84.9 Å². The van der Waals surface area contributed by atoms with Gasteiger partial charge in [-0.05, 0) is 91.6 Å². The highest BCUT2D eigenvalue weighted by Crippen LogP contribution is 2.41. The van der Waals surface area contributed by atoms with Crippen LogP contribution < -0.4 is 4.90 Å². The second kappa shape index (κ2) is 12.7. The van der Waals surface area contributed by atoms with Crippen LogP contribution in [0.5, 0.6) is 0 Å². The van der Waals surface area contributed by atoms with E-state index in [-0.39, 0.29) is 35.4 Å². The molecule has 0 heterocycles. The zero-order chi connectivity index (χ0) is 34.9. The van der Waals surface area contributed by atoms with Gasteiger partial charge in [-0.2, -0.15) is 0 Å². The summed E-state index contributed by atoms with van der Waals surface area (Å²) < 4.78 is 36.7. The maximum atomic E-state index is 9.29. The number of rotatable bonds is 7. The fraction of sp³-hybridized carbons (Fsp3) is 0. The fourth-order valence-electron chi connectivity index (χ4n) is 6.23. The van der Waals surface area contributed by atoms with Crippen molar-refractivity contribution in [3.05, 3.63) is 200 Å². The molecule has 0 aliphatic rings. The number of anilines is 3. The van der Waals surface area contributed by atoms with Crippen molar-refractivity contribution in [3.63, 3.8) is 0 Å². The van der Waals surface area contributed by atoms with Gasteiger partial charge in [-0.25, -0.2) is 0 Å². The Balaban J connectivity index is 1.30. The molecule has 0 atom stereocenters. The van der Waals surface area contributed by atoms with E-state index in [9.17, 15) is 2.74 Å². The number of hydrogen-bond acceptors (Lipinski definition) is 1. The van der Waals surface area contributed by atoms with E-state index in [4.69, 9.17) is 2.74 Å². The molecule has 47 heavy (non-hydrogen) atoms. The van der Waals surface area contributed by atoms with E-state index < -0.39 is 0 Å². The minimum Gasteiger partial charge on any atom is -0.311 e. The lowest BCUT2D eigenvalue weighted by molar-refractivity contribution is 1.28. The summed E-state index contributed by atoms with van der Waals surface area (Å²) in [5, 5.41) is 2.30. The van der Waals surface area contributed by atoms with Crippen LogP contribution in [0.3, 0.4) is 0 Å². The normalized spacial score (nSPS) is 12.2. The van der Waals surface area contributed by atoms with Crippen molar-refractivity contribution in [2.75, 3.05) is 4.90 Å². The summed E-state index contributed by atoms with van der Waals surface area (Å²) in [5.74, 6) is 0. The van der Waals surface area contributed by atoms with Crippen molar-refractivity contribution in [2.24, 2.45) is 0 Å². The van der Waals surface area contributed by atoms with Crippen LogP contribution in [-0.2, 0) is 0 Å². The van der Waals surface area contributed by atoms with Gasteiger partial charge in [0, 0.05) is 17.1 Å². The Morgan fingerprint density at radius 3 is 1.38 bits per heavy atom. The highest BCUT2D eigenvalue weighted by molar-refractivity contribution is 6.04. The first-order valence-corrected chi connectivity index (χ1v) is 15.8. The van der Waals surface area contributed by atoms with Gasteiger partial charge in [0.05, 0.1) is 5.48 Å². The van der Waals surface area contributed by atoms with Crippen LogP contribution >= 0.6 is 0 Å². The van der Waals surface area contributed by atoms with E-state index >= 15 is 0 Å². The van der Waals surface area contributed by atoms with Crippen LogP contribution in [0.15, 0.2) is 200 Å². The lowest BCUT2D eigenvalue weighted by atomic mass is 9.89. The van der Waals surface area contributed by atoms with E-state index in [1.165, 1.54) is 0 Å². The summed E-state index contributed by atoms with van der Waals surface area (Å²) in [6.07, 6.45) is 0. The van der Waals surface area contributed by atoms with Crippen molar-refractivity contribution in [3.8, 4) is 44.5 Å². The molecular formula is C46H33N. The van der Waals surface area contributed by atoms with Crippen LogP contribution in [-0.4, -0.2) is 0 Å². The van der Waals surface area contributed by atoms with E-state index in [0.717, 1.165) is 55.5 Å². The van der Waals surface area contributed by atoms with Crippen molar-refractivity contribution >= 4 is 27.8 Å². The molecule has 0 aliphatic carbocycles. The quantitative estimate of drug-likeness (QED) is 0.175. The Labute approximate surface area is 282 Å². The molecule has 8 aromatic carbocycles. The second-order valence-corrected chi connectivity index (χ2v) is 11.5. The largest absolute Gasteiger partial charge is 0.311 e. The van der Waals surface area contributed by atoms with Gasteiger partial charge >= 0.3 is 0 Å². The second-order valence-electron chi connectivity index (χ2n) is 11.5. The predicted molar refractivity (Wildman–Crippen MR) is 200 cm³/mol. The smallest absolute Gasteiger partial charge is 0.0645 e. The third-order valence-electron chi connectivity index (χ3n) is 8.56. The van der Waals surface area contributed by atoms with Crippen LogP contribution in [0.4, 0.5) is 17.1 Å². The molecule has 0 aromatic heterocycles. The van der Waals surface area contributed by atoms with Gasteiger partial charge in [-0.1, -0.05) is 164 Å². The Bertz CT molecular complexity index is 2450. The molecule has 0 spiro atoms. The van der Waals surface area contributed by atoms with E-state index in [0.29, 0.717) is 5.56 Å². The molecule has 0 bridgehead atoms. The van der Waals surface area contributed by atoms with E-state index in [1.807, 2.05) is 95.9 Å². The van der Waals surface area contributed by atoms with Crippen LogP contribution in [0.2, 0.25) is 0 Å². The van der Waals surface area contributed by atoms with Crippen molar-refractivity contribution in [1.82, 2.24) is 0 Å². The monoisotopic (exact) mass is 603 g/mol. The predicted octanol–water partition coefficient (Wildman–Crippen LogP) is 13.0. The average Bonchev–Trinajstić information content (AvgIpc) is 3.20. The summed E-state index contributed by atoms with van der Waals surface area (Å²) in [7, 11) is 0. The molecule has 0 saturated heterocycles. The highest BCUT2D eigenvalue weighted by atomic mass is 15.1. The molecule has 0 aliphatic heterocycles. The van der Waals surface area contributed by atoms with Gasteiger partial charge in [-0.3, -0.25) is 0 Å². The molecule has 0 saturated carbocycles.